The number of halogens is 1. The molecule has 0 saturated heterocycles. The van der Waals surface area contributed by atoms with Crippen LogP contribution in [0.15, 0.2) is 24.3 Å². The molecule has 1 aliphatic rings. The molecule has 4 heteroatoms. The number of nitrogens with one attached hydrogen (secondary N) is 1. The zero-order valence-corrected chi connectivity index (χ0v) is 18.9. The van der Waals surface area contributed by atoms with Crippen molar-refractivity contribution in [2.24, 2.45) is 5.73 Å². The highest BCUT2D eigenvalue weighted by Gasteiger charge is 2.17. The largest absolute Gasteiger partial charge is 0.384 e. The molecule has 1 aliphatic carbocycles. The molecule has 0 amide bonds. The number of hydrogen-bond acceptors (Lipinski definition) is 3. The van der Waals surface area contributed by atoms with Crippen molar-refractivity contribution in [1.82, 2.24) is 4.98 Å². The summed E-state index contributed by atoms with van der Waals surface area (Å²) >= 11 is 0. The number of aromatic nitrogens is 1. The van der Waals surface area contributed by atoms with E-state index in [1.54, 1.807) is 0 Å². The van der Waals surface area contributed by atoms with Crippen molar-refractivity contribution < 1.29 is 0 Å². The lowest BCUT2D eigenvalue weighted by Crippen LogP contribution is -2.12. The number of pyridine rings is 1. The lowest BCUT2D eigenvalue weighted by molar-refractivity contribution is 0.556. The third kappa shape index (κ3) is 7.46. The second kappa shape index (κ2) is 13.8. The summed E-state index contributed by atoms with van der Waals surface area (Å²) in [4.78, 5) is 4.94. The van der Waals surface area contributed by atoms with Gasteiger partial charge in [-0.3, -0.25) is 4.98 Å². The minimum Gasteiger partial charge on any atom is -0.384 e. The molecule has 0 fully saturated rings. The van der Waals surface area contributed by atoms with Crippen molar-refractivity contribution in [1.29, 1.82) is 0 Å². The zero-order valence-electron chi connectivity index (χ0n) is 18.1. The van der Waals surface area contributed by atoms with E-state index < -0.39 is 0 Å². The molecule has 29 heavy (non-hydrogen) atoms. The summed E-state index contributed by atoms with van der Waals surface area (Å²) in [6.45, 7) is 1.94. The number of rotatable bonds is 13. The Labute approximate surface area is 183 Å². The molecule has 0 aliphatic heterocycles. The molecule has 1 aromatic carbocycles. The lowest BCUT2D eigenvalue weighted by atomic mass is 9.92. The predicted octanol–water partition coefficient (Wildman–Crippen LogP) is 6.81. The third-order valence-electron chi connectivity index (χ3n) is 6.10. The summed E-state index contributed by atoms with van der Waals surface area (Å²) in [5.41, 5.74) is 10.9. The number of unbranched alkanes of at least 4 members (excludes halogenated alkanes) is 9. The zero-order chi connectivity index (χ0) is 19.4. The standard InChI is InChI=1S/C25H39N3.ClH/c26-19-13-7-5-3-1-2-4-6-8-14-20-27-25-21-15-9-11-17-23(21)28-24-18-12-10-16-22(24)25;/h9,11,15,17H,1-8,10,12-14,16,18-20,26H2,(H,27,28);1H. The molecule has 0 unspecified atom stereocenters. The highest BCUT2D eigenvalue weighted by molar-refractivity contribution is 5.93. The fourth-order valence-corrected chi connectivity index (χ4v) is 4.47. The second-order valence-electron chi connectivity index (χ2n) is 8.39. The number of nitrogens with zero attached hydrogens (tertiary/aromatic N) is 1. The van der Waals surface area contributed by atoms with Crippen LogP contribution in [0.25, 0.3) is 10.9 Å². The molecule has 0 spiro atoms. The van der Waals surface area contributed by atoms with E-state index in [2.05, 4.69) is 29.6 Å². The predicted molar refractivity (Wildman–Crippen MR) is 129 cm³/mol. The number of benzene rings is 1. The maximum Gasteiger partial charge on any atom is 0.0726 e. The lowest BCUT2D eigenvalue weighted by Gasteiger charge is -2.21. The van der Waals surface area contributed by atoms with Crippen LogP contribution in [0.3, 0.4) is 0 Å². The first-order valence-electron chi connectivity index (χ1n) is 11.7. The van der Waals surface area contributed by atoms with Gasteiger partial charge in [-0.15, -0.1) is 12.4 Å². The van der Waals surface area contributed by atoms with Gasteiger partial charge in [-0.25, -0.2) is 0 Å². The number of aryl methyl sites for hydroxylation is 1. The topological polar surface area (TPSA) is 50.9 Å². The van der Waals surface area contributed by atoms with E-state index in [4.69, 9.17) is 10.7 Å². The number of para-hydroxylation sites is 1. The molecule has 3 N–H and O–H groups in total. The van der Waals surface area contributed by atoms with E-state index in [0.717, 1.165) is 25.0 Å². The van der Waals surface area contributed by atoms with E-state index in [9.17, 15) is 0 Å². The van der Waals surface area contributed by atoms with Crippen LogP contribution in [0.5, 0.6) is 0 Å². The molecule has 162 valence electrons. The van der Waals surface area contributed by atoms with Gasteiger partial charge in [0.1, 0.15) is 0 Å². The Bertz CT molecular complexity index is 717. The first kappa shape index (κ1) is 24.0. The van der Waals surface area contributed by atoms with Gasteiger partial charge in [0.05, 0.1) is 5.52 Å². The molecule has 1 heterocycles. The Balaban J connectivity index is 0.00000300. The number of anilines is 1. The fourth-order valence-electron chi connectivity index (χ4n) is 4.47. The normalized spacial score (nSPS) is 13.1. The van der Waals surface area contributed by atoms with Crippen molar-refractivity contribution in [2.45, 2.75) is 89.9 Å². The Morgan fingerprint density at radius 3 is 2.14 bits per heavy atom. The smallest absolute Gasteiger partial charge is 0.0726 e. The number of nitrogens with two attached hydrogens (primary N) is 1. The molecule has 1 aromatic heterocycles. The highest BCUT2D eigenvalue weighted by atomic mass is 35.5. The summed E-state index contributed by atoms with van der Waals surface area (Å²) in [7, 11) is 0. The Kier molecular flexibility index (Phi) is 11.4. The minimum absolute atomic E-state index is 0. The van der Waals surface area contributed by atoms with Crippen LogP contribution >= 0.6 is 12.4 Å². The Morgan fingerprint density at radius 2 is 1.41 bits per heavy atom. The summed E-state index contributed by atoms with van der Waals surface area (Å²) in [6, 6.07) is 8.63. The van der Waals surface area contributed by atoms with Crippen LogP contribution in [-0.2, 0) is 12.8 Å². The molecular weight excluding hydrogens is 378 g/mol. The van der Waals surface area contributed by atoms with Gasteiger partial charge in [-0.2, -0.15) is 0 Å². The van der Waals surface area contributed by atoms with Crippen LogP contribution in [-0.4, -0.2) is 18.1 Å². The average molecular weight is 418 g/mol. The van der Waals surface area contributed by atoms with E-state index in [1.165, 1.54) is 106 Å². The number of fused-ring (bicyclic) bond motifs is 2. The van der Waals surface area contributed by atoms with Crippen LogP contribution in [0.4, 0.5) is 5.69 Å². The maximum atomic E-state index is 5.54. The summed E-state index contributed by atoms with van der Waals surface area (Å²) < 4.78 is 0. The summed E-state index contributed by atoms with van der Waals surface area (Å²) in [5, 5.41) is 5.10. The molecule has 3 rings (SSSR count). The van der Waals surface area contributed by atoms with Gasteiger partial charge in [-0.1, -0.05) is 69.6 Å². The van der Waals surface area contributed by atoms with Gasteiger partial charge in [0.15, 0.2) is 0 Å². The summed E-state index contributed by atoms with van der Waals surface area (Å²) in [6.07, 6.45) is 18.3. The van der Waals surface area contributed by atoms with Crippen molar-refractivity contribution in [2.75, 3.05) is 18.4 Å². The monoisotopic (exact) mass is 417 g/mol. The highest BCUT2D eigenvalue weighted by Crippen LogP contribution is 2.33. The van der Waals surface area contributed by atoms with Crippen LogP contribution < -0.4 is 11.1 Å². The van der Waals surface area contributed by atoms with Crippen LogP contribution in [0, 0.1) is 0 Å². The third-order valence-corrected chi connectivity index (χ3v) is 6.10. The first-order valence-corrected chi connectivity index (χ1v) is 11.7. The van der Waals surface area contributed by atoms with Crippen LogP contribution in [0.2, 0.25) is 0 Å². The van der Waals surface area contributed by atoms with E-state index in [1.807, 2.05) is 0 Å². The second-order valence-corrected chi connectivity index (χ2v) is 8.39. The van der Waals surface area contributed by atoms with Gasteiger partial charge < -0.3 is 11.1 Å². The Hall–Kier alpha value is -1.32. The Morgan fingerprint density at radius 1 is 0.793 bits per heavy atom. The average Bonchev–Trinajstić information content (AvgIpc) is 2.73. The first-order chi connectivity index (χ1) is 13.9. The van der Waals surface area contributed by atoms with Gasteiger partial charge in [0, 0.05) is 23.3 Å². The summed E-state index contributed by atoms with van der Waals surface area (Å²) in [5.74, 6) is 0. The minimum atomic E-state index is 0. The van der Waals surface area contributed by atoms with E-state index in [0.29, 0.717) is 0 Å². The quantitative estimate of drug-likeness (QED) is 0.352. The van der Waals surface area contributed by atoms with Gasteiger partial charge >= 0.3 is 0 Å². The van der Waals surface area contributed by atoms with Crippen molar-refractivity contribution in [3.05, 3.63) is 35.5 Å². The molecule has 0 bridgehead atoms. The molecule has 0 radical (unpaired) electrons. The van der Waals surface area contributed by atoms with Gasteiger partial charge in [0.2, 0.25) is 0 Å². The number of hydrogen-bond donors (Lipinski definition) is 2. The van der Waals surface area contributed by atoms with Crippen molar-refractivity contribution in [3.8, 4) is 0 Å². The fraction of sp³-hybridized carbons (Fsp3) is 0.640. The molecule has 2 aromatic rings. The maximum absolute atomic E-state index is 5.54. The molecule has 0 saturated carbocycles. The van der Waals surface area contributed by atoms with E-state index in [-0.39, 0.29) is 12.4 Å². The van der Waals surface area contributed by atoms with Gasteiger partial charge in [0.25, 0.3) is 0 Å². The molecule has 0 atom stereocenters. The molecular formula is C25H40ClN3. The van der Waals surface area contributed by atoms with Crippen molar-refractivity contribution in [3.63, 3.8) is 0 Å². The van der Waals surface area contributed by atoms with E-state index >= 15 is 0 Å². The van der Waals surface area contributed by atoms with Crippen LogP contribution in [0.1, 0.15) is 88.3 Å². The van der Waals surface area contributed by atoms with Crippen molar-refractivity contribution >= 4 is 29.0 Å². The molecule has 3 nitrogen and oxygen atoms in total. The SMILES string of the molecule is Cl.NCCCCCCCCCCCCNc1c2c(nc3ccccc13)CCCC2. The van der Waals surface area contributed by atoms with Gasteiger partial charge in [-0.05, 0) is 56.7 Å².